The van der Waals surface area contributed by atoms with Gasteiger partial charge >= 0.3 is 0 Å². The van der Waals surface area contributed by atoms with Gasteiger partial charge in [0.25, 0.3) is 0 Å². The number of nitrogens with two attached hydrogens (primary N) is 2. The molecule has 0 aliphatic heterocycles. The van der Waals surface area contributed by atoms with Gasteiger partial charge in [-0.05, 0) is 49.8 Å². The van der Waals surface area contributed by atoms with Crippen molar-refractivity contribution in [3.8, 4) is 11.1 Å². The van der Waals surface area contributed by atoms with Gasteiger partial charge in [0.2, 0.25) is 0 Å². The minimum atomic E-state index is 0.313. The van der Waals surface area contributed by atoms with Crippen LogP contribution in [0.5, 0.6) is 0 Å². The summed E-state index contributed by atoms with van der Waals surface area (Å²) in [5.74, 6) is 0.503. The van der Waals surface area contributed by atoms with E-state index in [4.69, 9.17) is 23.1 Å². The Hall–Kier alpha value is -2.11. The van der Waals surface area contributed by atoms with Gasteiger partial charge in [-0.1, -0.05) is 23.7 Å². The van der Waals surface area contributed by atoms with E-state index in [1.165, 1.54) is 6.33 Å². The minimum Gasteiger partial charge on any atom is -0.383 e. The van der Waals surface area contributed by atoms with Crippen LogP contribution >= 0.6 is 11.6 Å². The second kappa shape index (κ2) is 6.32. The third-order valence-corrected chi connectivity index (χ3v) is 5.66. The van der Waals surface area contributed by atoms with Crippen LogP contribution in [0.2, 0.25) is 5.02 Å². The van der Waals surface area contributed by atoms with E-state index in [0.29, 0.717) is 17.9 Å². The summed E-state index contributed by atoms with van der Waals surface area (Å²) < 4.78 is 2.25. The monoisotopic (exact) mass is 355 g/mol. The fourth-order valence-corrected chi connectivity index (χ4v) is 3.93. The lowest BCUT2D eigenvalue weighted by atomic mass is 9.92. The third-order valence-electron chi connectivity index (χ3n) is 5.26. The topological polar surface area (TPSA) is 82.8 Å². The number of nitrogen functional groups attached to an aromatic ring is 1. The molecule has 0 amide bonds. The number of nitrogens with zero attached hydrogens (tertiary/aromatic N) is 3. The van der Waals surface area contributed by atoms with E-state index < -0.39 is 0 Å². The van der Waals surface area contributed by atoms with Gasteiger partial charge in [0.1, 0.15) is 17.8 Å². The number of hydrogen-bond donors (Lipinski definition) is 2. The minimum absolute atomic E-state index is 0.313. The maximum atomic E-state index is 6.34. The molecule has 1 aromatic carbocycles. The van der Waals surface area contributed by atoms with Crippen LogP contribution in [0.4, 0.5) is 5.82 Å². The van der Waals surface area contributed by atoms with Crippen molar-refractivity contribution in [2.45, 2.75) is 44.7 Å². The van der Waals surface area contributed by atoms with Crippen LogP contribution in [0.1, 0.15) is 37.3 Å². The molecule has 2 aromatic heterocycles. The first-order valence-corrected chi connectivity index (χ1v) is 9.05. The van der Waals surface area contributed by atoms with Crippen LogP contribution in [0.25, 0.3) is 22.2 Å². The molecule has 4 N–H and O–H groups in total. The molecule has 1 aliphatic carbocycles. The highest BCUT2D eigenvalue weighted by Crippen LogP contribution is 2.38. The summed E-state index contributed by atoms with van der Waals surface area (Å²) in [7, 11) is 0. The van der Waals surface area contributed by atoms with Crippen molar-refractivity contribution in [2.24, 2.45) is 5.73 Å². The number of benzene rings is 1. The van der Waals surface area contributed by atoms with E-state index in [1.54, 1.807) is 0 Å². The maximum absolute atomic E-state index is 6.34. The van der Waals surface area contributed by atoms with Crippen molar-refractivity contribution in [2.75, 3.05) is 5.73 Å². The van der Waals surface area contributed by atoms with Crippen molar-refractivity contribution in [3.05, 3.63) is 41.3 Å². The Kier molecular flexibility index (Phi) is 4.13. The second-order valence-corrected chi connectivity index (χ2v) is 7.35. The van der Waals surface area contributed by atoms with E-state index in [2.05, 4.69) is 26.8 Å². The number of hydrogen-bond acceptors (Lipinski definition) is 4. The van der Waals surface area contributed by atoms with Crippen LogP contribution in [-0.2, 0) is 0 Å². The average Bonchev–Trinajstić information content (AvgIpc) is 2.99. The van der Waals surface area contributed by atoms with E-state index in [-0.39, 0.29) is 0 Å². The lowest BCUT2D eigenvalue weighted by Gasteiger charge is -2.27. The summed E-state index contributed by atoms with van der Waals surface area (Å²) in [6.07, 6.45) is 7.88. The maximum Gasteiger partial charge on any atom is 0.146 e. The average molecular weight is 356 g/mol. The largest absolute Gasteiger partial charge is 0.383 e. The van der Waals surface area contributed by atoms with Crippen LogP contribution in [0.15, 0.2) is 30.7 Å². The van der Waals surface area contributed by atoms with E-state index in [9.17, 15) is 0 Å². The molecule has 3 aromatic rings. The van der Waals surface area contributed by atoms with E-state index >= 15 is 0 Å². The van der Waals surface area contributed by atoms with E-state index in [1.807, 2.05) is 19.1 Å². The zero-order valence-corrected chi connectivity index (χ0v) is 15.0. The van der Waals surface area contributed by atoms with Gasteiger partial charge in [-0.3, -0.25) is 0 Å². The summed E-state index contributed by atoms with van der Waals surface area (Å²) in [4.78, 5) is 8.73. The van der Waals surface area contributed by atoms with Gasteiger partial charge in [0.05, 0.1) is 5.39 Å². The Morgan fingerprint density at radius 3 is 2.64 bits per heavy atom. The molecule has 1 aliphatic rings. The molecule has 0 radical (unpaired) electrons. The van der Waals surface area contributed by atoms with Gasteiger partial charge in [-0.15, -0.1) is 0 Å². The number of anilines is 1. The van der Waals surface area contributed by atoms with Crippen LogP contribution < -0.4 is 11.5 Å². The molecule has 4 rings (SSSR count). The molecular weight excluding hydrogens is 334 g/mol. The van der Waals surface area contributed by atoms with E-state index in [0.717, 1.165) is 58.4 Å². The molecule has 130 valence electrons. The first-order chi connectivity index (χ1) is 12.0. The highest BCUT2D eigenvalue weighted by molar-refractivity contribution is 6.31. The molecule has 0 spiro atoms. The summed E-state index contributed by atoms with van der Waals surface area (Å²) in [5.41, 5.74) is 16.3. The first kappa shape index (κ1) is 16.4. The molecule has 6 heteroatoms. The molecular formula is C19H22ClN5. The molecule has 25 heavy (non-hydrogen) atoms. The Morgan fingerprint density at radius 2 is 1.92 bits per heavy atom. The molecule has 0 bridgehead atoms. The number of halogens is 1. The van der Waals surface area contributed by atoms with Gasteiger partial charge < -0.3 is 16.0 Å². The summed E-state index contributed by atoms with van der Waals surface area (Å²) >= 11 is 6.34. The predicted octanol–water partition coefficient (Wildman–Crippen LogP) is 4.08. The van der Waals surface area contributed by atoms with Crippen molar-refractivity contribution in [1.82, 2.24) is 14.5 Å². The molecule has 0 unspecified atom stereocenters. The Morgan fingerprint density at radius 1 is 1.16 bits per heavy atom. The SMILES string of the molecule is Cc1ccc(-c2cn(C3CCC(N)CC3)c3ncnc(N)c23)cc1Cl. The lowest BCUT2D eigenvalue weighted by Crippen LogP contribution is -2.27. The van der Waals surface area contributed by atoms with Gasteiger partial charge in [0, 0.05) is 28.9 Å². The van der Waals surface area contributed by atoms with Crippen LogP contribution in [0.3, 0.4) is 0 Å². The third kappa shape index (κ3) is 2.87. The van der Waals surface area contributed by atoms with Gasteiger partial charge in [-0.25, -0.2) is 9.97 Å². The molecule has 0 atom stereocenters. The van der Waals surface area contributed by atoms with Crippen LogP contribution in [-0.4, -0.2) is 20.6 Å². The number of aromatic nitrogens is 3. The number of aryl methyl sites for hydroxylation is 1. The lowest BCUT2D eigenvalue weighted by molar-refractivity contribution is 0.329. The molecule has 5 nitrogen and oxygen atoms in total. The molecule has 1 fully saturated rings. The second-order valence-electron chi connectivity index (χ2n) is 6.94. The molecule has 1 saturated carbocycles. The molecule has 2 heterocycles. The summed E-state index contributed by atoms with van der Waals surface area (Å²) in [5, 5.41) is 1.65. The number of fused-ring (bicyclic) bond motifs is 1. The Labute approximate surface area is 152 Å². The van der Waals surface area contributed by atoms with Crippen molar-refractivity contribution in [3.63, 3.8) is 0 Å². The Balaban J connectivity index is 1.88. The normalized spacial score (nSPS) is 20.9. The zero-order valence-electron chi connectivity index (χ0n) is 14.2. The quantitative estimate of drug-likeness (QED) is 0.725. The molecule has 0 saturated heterocycles. The Bertz CT molecular complexity index is 925. The highest BCUT2D eigenvalue weighted by atomic mass is 35.5. The summed E-state index contributed by atoms with van der Waals surface area (Å²) in [6, 6.07) is 6.79. The summed E-state index contributed by atoms with van der Waals surface area (Å²) in [6.45, 7) is 2.00. The van der Waals surface area contributed by atoms with Crippen molar-refractivity contribution >= 4 is 28.5 Å². The predicted molar refractivity (Wildman–Crippen MR) is 103 cm³/mol. The fourth-order valence-electron chi connectivity index (χ4n) is 3.75. The zero-order chi connectivity index (χ0) is 17.6. The van der Waals surface area contributed by atoms with Crippen molar-refractivity contribution < 1.29 is 0 Å². The standard InChI is InChI=1S/C19H22ClN5/c1-11-2-3-12(8-16(11)20)15-9-25(14-6-4-13(21)5-7-14)19-17(15)18(22)23-10-24-19/h2-3,8-10,13-14H,4-7,21H2,1H3,(H2,22,23,24). The first-order valence-electron chi connectivity index (χ1n) is 8.67. The van der Waals surface area contributed by atoms with Crippen molar-refractivity contribution in [1.29, 1.82) is 0 Å². The fraction of sp³-hybridized carbons (Fsp3) is 0.368. The smallest absolute Gasteiger partial charge is 0.146 e. The number of rotatable bonds is 2. The van der Waals surface area contributed by atoms with Gasteiger partial charge in [0.15, 0.2) is 0 Å². The van der Waals surface area contributed by atoms with Gasteiger partial charge in [-0.2, -0.15) is 0 Å². The van der Waals surface area contributed by atoms with Crippen LogP contribution in [0, 0.1) is 6.92 Å². The highest BCUT2D eigenvalue weighted by Gasteiger charge is 2.24.